The minimum absolute atomic E-state index is 0.0944. The monoisotopic (exact) mass is 244 g/mol. The predicted molar refractivity (Wildman–Crippen MR) is 57.3 cm³/mol. The molecule has 0 aromatic carbocycles. The number of carboxylic acids is 1. The SMILES string of the molecule is CNC(=O)C1COCCN1C(=O)CCC(=O)O. The van der Waals surface area contributed by atoms with Gasteiger partial charge in [-0.05, 0) is 0 Å². The molecule has 0 bridgehead atoms. The lowest BCUT2D eigenvalue weighted by Gasteiger charge is -2.34. The molecule has 1 unspecified atom stereocenters. The first-order valence-corrected chi connectivity index (χ1v) is 5.37. The van der Waals surface area contributed by atoms with Crippen LogP contribution in [-0.4, -0.2) is 60.6 Å². The van der Waals surface area contributed by atoms with Crippen molar-refractivity contribution in [1.29, 1.82) is 0 Å². The highest BCUT2D eigenvalue weighted by molar-refractivity contribution is 5.88. The average Bonchev–Trinajstić information content (AvgIpc) is 2.34. The minimum Gasteiger partial charge on any atom is -0.481 e. The number of nitrogens with one attached hydrogen (secondary N) is 1. The molecule has 1 aliphatic rings. The molecule has 2 N–H and O–H groups in total. The number of carboxylic acid groups (broad SMARTS) is 1. The Morgan fingerprint density at radius 1 is 1.41 bits per heavy atom. The van der Waals surface area contributed by atoms with Crippen molar-refractivity contribution in [2.24, 2.45) is 0 Å². The summed E-state index contributed by atoms with van der Waals surface area (Å²) in [6.45, 7) is 0.835. The van der Waals surface area contributed by atoms with Gasteiger partial charge in [-0.15, -0.1) is 0 Å². The zero-order chi connectivity index (χ0) is 12.8. The zero-order valence-corrected chi connectivity index (χ0v) is 9.64. The van der Waals surface area contributed by atoms with Gasteiger partial charge in [-0.2, -0.15) is 0 Å². The lowest BCUT2D eigenvalue weighted by molar-refractivity contribution is -0.149. The molecule has 1 aliphatic heterocycles. The Kier molecular flexibility index (Phi) is 4.89. The maximum Gasteiger partial charge on any atom is 0.303 e. The zero-order valence-electron chi connectivity index (χ0n) is 9.64. The summed E-state index contributed by atoms with van der Waals surface area (Å²) in [7, 11) is 1.48. The quantitative estimate of drug-likeness (QED) is 0.649. The standard InChI is InChI=1S/C10H16N2O5/c1-11-10(16)7-6-17-5-4-12(7)8(13)2-3-9(14)15/h7H,2-6H2,1H3,(H,11,16)(H,14,15). The van der Waals surface area contributed by atoms with E-state index in [2.05, 4.69) is 5.32 Å². The summed E-state index contributed by atoms with van der Waals surface area (Å²) >= 11 is 0. The van der Waals surface area contributed by atoms with E-state index in [0.717, 1.165) is 0 Å². The second-order valence-electron chi connectivity index (χ2n) is 3.69. The molecule has 0 radical (unpaired) electrons. The summed E-state index contributed by atoms with van der Waals surface area (Å²) in [5.41, 5.74) is 0. The van der Waals surface area contributed by atoms with Gasteiger partial charge in [0.15, 0.2) is 0 Å². The molecule has 1 saturated heterocycles. The van der Waals surface area contributed by atoms with Gasteiger partial charge in [0.1, 0.15) is 6.04 Å². The molecule has 7 heteroatoms. The smallest absolute Gasteiger partial charge is 0.303 e. The van der Waals surface area contributed by atoms with Crippen LogP contribution >= 0.6 is 0 Å². The molecule has 2 amide bonds. The summed E-state index contributed by atoms with van der Waals surface area (Å²) in [6.07, 6.45) is -0.320. The molecule has 1 heterocycles. The molecule has 0 saturated carbocycles. The largest absolute Gasteiger partial charge is 0.481 e. The molecule has 1 rings (SSSR count). The molecule has 1 fully saturated rings. The molecule has 0 aliphatic carbocycles. The number of morpholine rings is 1. The first kappa shape index (κ1) is 13.4. The van der Waals surface area contributed by atoms with Crippen LogP contribution in [0.2, 0.25) is 0 Å². The number of ether oxygens (including phenoxy) is 1. The fourth-order valence-corrected chi connectivity index (χ4v) is 1.64. The van der Waals surface area contributed by atoms with E-state index in [0.29, 0.717) is 13.2 Å². The van der Waals surface area contributed by atoms with Crippen molar-refractivity contribution in [2.75, 3.05) is 26.8 Å². The lowest BCUT2D eigenvalue weighted by atomic mass is 10.1. The Balaban J connectivity index is 2.60. The number of amides is 2. The molecular formula is C10H16N2O5. The topological polar surface area (TPSA) is 95.9 Å². The van der Waals surface area contributed by atoms with Gasteiger partial charge in [-0.3, -0.25) is 14.4 Å². The fraction of sp³-hybridized carbons (Fsp3) is 0.700. The van der Waals surface area contributed by atoms with E-state index < -0.39 is 12.0 Å². The third-order valence-corrected chi connectivity index (χ3v) is 2.55. The number of nitrogens with zero attached hydrogens (tertiary/aromatic N) is 1. The first-order valence-electron chi connectivity index (χ1n) is 5.37. The molecule has 17 heavy (non-hydrogen) atoms. The lowest BCUT2D eigenvalue weighted by Crippen LogP contribution is -2.55. The van der Waals surface area contributed by atoms with Gasteiger partial charge < -0.3 is 20.1 Å². The highest BCUT2D eigenvalue weighted by Crippen LogP contribution is 2.10. The van der Waals surface area contributed by atoms with Crippen LogP contribution in [0.1, 0.15) is 12.8 Å². The van der Waals surface area contributed by atoms with Crippen LogP contribution in [0.4, 0.5) is 0 Å². The van der Waals surface area contributed by atoms with E-state index in [4.69, 9.17) is 9.84 Å². The maximum absolute atomic E-state index is 11.8. The second-order valence-corrected chi connectivity index (χ2v) is 3.69. The van der Waals surface area contributed by atoms with Crippen molar-refractivity contribution in [3.63, 3.8) is 0 Å². The van der Waals surface area contributed by atoms with Crippen molar-refractivity contribution in [1.82, 2.24) is 10.2 Å². The number of aliphatic carboxylic acids is 1. The Hall–Kier alpha value is -1.63. The molecule has 0 spiro atoms. The van der Waals surface area contributed by atoms with E-state index in [-0.39, 0.29) is 31.3 Å². The number of likely N-dealkylation sites (N-methyl/N-ethyl adjacent to an activating group) is 1. The highest BCUT2D eigenvalue weighted by Gasteiger charge is 2.31. The summed E-state index contributed by atoms with van der Waals surface area (Å²) in [4.78, 5) is 35.0. The molecule has 1 atom stereocenters. The Labute approximate surface area is 98.7 Å². The van der Waals surface area contributed by atoms with Crippen molar-refractivity contribution < 1.29 is 24.2 Å². The van der Waals surface area contributed by atoms with Crippen LogP contribution in [0, 0.1) is 0 Å². The van der Waals surface area contributed by atoms with Gasteiger partial charge in [0.05, 0.1) is 19.6 Å². The highest BCUT2D eigenvalue weighted by atomic mass is 16.5. The van der Waals surface area contributed by atoms with Gasteiger partial charge >= 0.3 is 5.97 Å². The Morgan fingerprint density at radius 2 is 2.12 bits per heavy atom. The Bertz CT molecular complexity index is 318. The summed E-state index contributed by atoms with van der Waals surface area (Å²) < 4.78 is 5.14. The minimum atomic E-state index is -1.02. The van der Waals surface area contributed by atoms with Gasteiger partial charge in [0, 0.05) is 20.0 Å². The number of carbonyl (C=O) groups is 3. The third kappa shape index (κ3) is 3.70. The van der Waals surface area contributed by atoms with Crippen LogP contribution in [0.3, 0.4) is 0 Å². The number of hydrogen-bond acceptors (Lipinski definition) is 4. The second kappa shape index (κ2) is 6.19. The molecule has 96 valence electrons. The van der Waals surface area contributed by atoms with E-state index >= 15 is 0 Å². The van der Waals surface area contributed by atoms with E-state index in [1.807, 2.05) is 0 Å². The summed E-state index contributed by atoms with van der Waals surface area (Å²) in [5.74, 6) is -1.65. The predicted octanol–water partition coefficient (Wildman–Crippen LogP) is -1.18. The van der Waals surface area contributed by atoms with Gasteiger partial charge in [-0.25, -0.2) is 0 Å². The number of carbonyl (C=O) groups excluding carboxylic acids is 2. The summed E-state index contributed by atoms with van der Waals surface area (Å²) in [6, 6.07) is -0.657. The van der Waals surface area contributed by atoms with Gasteiger partial charge in [0.2, 0.25) is 11.8 Å². The van der Waals surface area contributed by atoms with Crippen LogP contribution in [0.25, 0.3) is 0 Å². The molecule has 0 aromatic heterocycles. The van der Waals surface area contributed by atoms with E-state index in [9.17, 15) is 14.4 Å². The van der Waals surface area contributed by atoms with Crippen molar-refractivity contribution >= 4 is 17.8 Å². The first-order chi connectivity index (χ1) is 8.06. The number of hydrogen-bond donors (Lipinski definition) is 2. The summed E-state index contributed by atoms with van der Waals surface area (Å²) in [5, 5.41) is 11.0. The van der Waals surface area contributed by atoms with E-state index in [1.165, 1.54) is 11.9 Å². The van der Waals surface area contributed by atoms with Crippen LogP contribution in [0.5, 0.6) is 0 Å². The molecular weight excluding hydrogens is 228 g/mol. The maximum atomic E-state index is 11.8. The van der Waals surface area contributed by atoms with Crippen LogP contribution in [0.15, 0.2) is 0 Å². The molecule has 0 aromatic rings. The molecule has 7 nitrogen and oxygen atoms in total. The fourth-order valence-electron chi connectivity index (χ4n) is 1.64. The number of rotatable bonds is 4. The van der Waals surface area contributed by atoms with Gasteiger partial charge in [-0.1, -0.05) is 0 Å². The van der Waals surface area contributed by atoms with Crippen molar-refractivity contribution in [3.05, 3.63) is 0 Å². The van der Waals surface area contributed by atoms with E-state index in [1.54, 1.807) is 0 Å². The van der Waals surface area contributed by atoms with Crippen molar-refractivity contribution in [2.45, 2.75) is 18.9 Å². The average molecular weight is 244 g/mol. The van der Waals surface area contributed by atoms with Crippen LogP contribution < -0.4 is 5.32 Å². The van der Waals surface area contributed by atoms with Crippen LogP contribution in [-0.2, 0) is 19.1 Å². The normalized spacial score (nSPS) is 19.8. The van der Waals surface area contributed by atoms with Gasteiger partial charge in [0.25, 0.3) is 0 Å². The third-order valence-electron chi connectivity index (χ3n) is 2.55. The Morgan fingerprint density at radius 3 is 2.71 bits per heavy atom. The van der Waals surface area contributed by atoms with Crippen molar-refractivity contribution in [3.8, 4) is 0 Å².